The van der Waals surface area contributed by atoms with Gasteiger partial charge in [-0.15, -0.1) is 5.11 Å². The Balaban J connectivity index is 1.15. The van der Waals surface area contributed by atoms with E-state index in [0.29, 0.717) is 62.3 Å². The number of ether oxygens (including phenoxy) is 2. The molecule has 1 fully saturated rings. The molecule has 75 heavy (non-hydrogen) atoms. The number of aromatic nitrogens is 2. The fourth-order valence-corrected chi connectivity index (χ4v) is 8.57. The van der Waals surface area contributed by atoms with Gasteiger partial charge in [-0.3, -0.25) is 38.9 Å². The van der Waals surface area contributed by atoms with E-state index in [4.69, 9.17) is 19.2 Å². The lowest BCUT2D eigenvalue weighted by Gasteiger charge is -2.29. The molecule has 0 spiro atoms. The van der Waals surface area contributed by atoms with E-state index < -0.39 is 59.3 Å². The van der Waals surface area contributed by atoms with Crippen molar-refractivity contribution >= 4 is 80.5 Å². The summed E-state index contributed by atoms with van der Waals surface area (Å²) in [6.07, 6.45) is 2.16. The second-order valence-corrected chi connectivity index (χ2v) is 19.1. The maximum absolute atomic E-state index is 14.1. The molecule has 23 heteroatoms. The highest BCUT2D eigenvalue weighted by atomic mass is 16.6. The molecule has 23 nitrogen and oxygen atoms in total. The van der Waals surface area contributed by atoms with Crippen molar-refractivity contribution in [2.75, 3.05) is 63.8 Å². The highest BCUT2D eigenvalue weighted by molar-refractivity contribution is 6.02. The second kappa shape index (κ2) is 28.8. The smallest absolute Gasteiger partial charge is 0.329 e. The Labute approximate surface area is 434 Å². The topological polar surface area (TPSA) is 308 Å². The standard InChI is InChI=1S/C52H68N10O13/c1-32(2)38(51(69)55-40(44(63)17-12-26-73-27-28-74-31-47(66)67)15-9-10-24-53-41-22-23-43(62(71)72)49-48(41)58-75-59-49)30-46(65)42-16-11-25-61(42)52(70)33(3)29-45(64)34(4)54-50(68)37-13-7-8-14-39(37)57-56-35-18-20-36(21-19-35)60(5)6/h7-8,13-14,18-23,32-34,38,40,42,53H,9-12,15-17,24-31H2,1-6H3,(H,54,68)(H,55,69)(H,66,67). The summed E-state index contributed by atoms with van der Waals surface area (Å²) in [6, 6.07) is 14.1. The molecule has 1 aromatic heterocycles. The summed E-state index contributed by atoms with van der Waals surface area (Å²) in [5.41, 5.74) is 2.51. The summed E-state index contributed by atoms with van der Waals surface area (Å²) in [7, 11) is 3.85. The van der Waals surface area contributed by atoms with E-state index in [0.717, 1.165) is 5.69 Å². The number of unbranched alkanes of at least 4 members (excludes halogenated alkanes) is 1. The molecule has 2 heterocycles. The lowest BCUT2D eigenvalue weighted by molar-refractivity contribution is -0.383. The zero-order valence-corrected chi connectivity index (χ0v) is 43.3. The summed E-state index contributed by atoms with van der Waals surface area (Å²) >= 11 is 0. The molecule has 4 aromatic rings. The average molecular weight is 1040 g/mol. The monoisotopic (exact) mass is 1040 g/mol. The summed E-state index contributed by atoms with van der Waals surface area (Å²) in [4.78, 5) is 108. The van der Waals surface area contributed by atoms with Gasteiger partial charge < -0.3 is 40.3 Å². The Kier molecular flexibility index (Phi) is 22.4. The van der Waals surface area contributed by atoms with Gasteiger partial charge in [0.25, 0.3) is 5.91 Å². The first kappa shape index (κ1) is 58.4. The van der Waals surface area contributed by atoms with Crippen molar-refractivity contribution in [3.05, 3.63) is 76.3 Å². The minimum absolute atomic E-state index is 0.00164. The highest BCUT2D eigenvalue weighted by Crippen LogP contribution is 2.30. The molecular weight excluding hydrogens is 973 g/mol. The minimum Gasteiger partial charge on any atom is -0.480 e. The molecule has 0 aliphatic carbocycles. The molecule has 4 N–H and O–H groups in total. The zero-order valence-electron chi connectivity index (χ0n) is 43.3. The number of non-ortho nitro benzene ring substituents is 1. The molecule has 5 atom stereocenters. The number of fused-ring (bicyclic) bond motifs is 1. The largest absolute Gasteiger partial charge is 0.480 e. The van der Waals surface area contributed by atoms with Crippen molar-refractivity contribution in [2.24, 2.45) is 28.0 Å². The number of likely N-dealkylation sites (tertiary alicyclic amines) is 1. The van der Waals surface area contributed by atoms with Crippen LogP contribution in [0.25, 0.3) is 11.0 Å². The van der Waals surface area contributed by atoms with Crippen LogP contribution in [0.3, 0.4) is 0 Å². The molecule has 5 unspecified atom stereocenters. The van der Waals surface area contributed by atoms with E-state index in [-0.39, 0.29) is 97.0 Å². The number of carbonyl (C=O) groups excluding carboxylic acids is 6. The maximum atomic E-state index is 14.1. The minimum atomic E-state index is -1.10. The number of carbonyl (C=O) groups is 7. The fourth-order valence-electron chi connectivity index (χ4n) is 8.57. The molecule has 0 saturated carbocycles. The molecule has 5 rings (SSSR count). The van der Waals surface area contributed by atoms with Crippen LogP contribution in [0.15, 0.2) is 75.5 Å². The van der Waals surface area contributed by atoms with Crippen LogP contribution >= 0.6 is 0 Å². The molecule has 1 aliphatic heterocycles. The van der Waals surface area contributed by atoms with Crippen molar-refractivity contribution < 1.29 is 57.7 Å². The molecule has 0 radical (unpaired) electrons. The Bertz CT molecular complexity index is 2660. The third-order valence-corrected chi connectivity index (χ3v) is 12.9. The van der Waals surface area contributed by atoms with Crippen molar-refractivity contribution in [1.29, 1.82) is 0 Å². The van der Waals surface area contributed by atoms with E-state index in [1.807, 2.05) is 43.3 Å². The van der Waals surface area contributed by atoms with E-state index in [1.165, 1.54) is 17.0 Å². The van der Waals surface area contributed by atoms with Crippen LogP contribution in [0.5, 0.6) is 0 Å². The third kappa shape index (κ3) is 17.3. The molecule has 0 bridgehead atoms. The summed E-state index contributed by atoms with van der Waals surface area (Å²) in [6.45, 7) is 7.35. The normalized spacial score (nSPS) is 15.1. The lowest BCUT2D eigenvalue weighted by Crippen LogP contribution is -2.48. The number of nitrogens with one attached hydrogen (secondary N) is 3. The van der Waals surface area contributed by atoms with Crippen LogP contribution in [0.4, 0.5) is 28.4 Å². The van der Waals surface area contributed by atoms with E-state index in [9.17, 15) is 43.7 Å². The van der Waals surface area contributed by atoms with Crippen molar-refractivity contribution in [3.8, 4) is 0 Å². The van der Waals surface area contributed by atoms with Gasteiger partial charge in [0, 0.05) is 76.6 Å². The number of aliphatic carboxylic acids is 1. The summed E-state index contributed by atoms with van der Waals surface area (Å²) in [5, 5.41) is 45.0. The number of nitro benzene ring substituents is 1. The Morgan fingerprint density at radius 2 is 1.59 bits per heavy atom. The van der Waals surface area contributed by atoms with Crippen LogP contribution in [0.1, 0.15) is 95.8 Å². The summed E-state index contributed by atoms with van der Waals surface area (Å²) in [5.74, 6) is -5.44. The van der Waals surface area contributed by atoms with Gasteiger partial charge in [0.2, 0.25) is 17.3 Å². The number of rotatable bonds is 32. The number of nitro groups is 1. The average Bonchev–Trinajstić information content (AvgIpc) is 4.09. The van der Waals surface area contributed by atoms with Crippen LogP contribution in [-0.2, 0) is 38.2 Å². The first-order chi connectivity index (χ1) is 35.9. The van der Waals surface area contributed by atoms with Gasteiger partial charge in [-0.1, -0.05) is 32.9 Å². The molecule has 1 saturated heterocycles. The zero-order chi connectivity index (χ0) is 54.6. The Morgan fingerprint density at radius 1 is 0.867 bits per heavy atom. The van der Waals surface area contributed by atoms with Crippen LogP contribution in [-0.4, -0.2) is 138 Å². The van der Waals surface area contributed by atoms with Gasteiger partial charge in [0.1, 0.15) is 6.61 Å². The van der Waals surface area contributed by atoms with Crippen molar-refractivity contribution in [1.82, 2.24) is 25.8 Å². The predicted octanol–water partition coefficient (Wildman–Crippen LogP) is 6.78. The van der Waals surface area contributed by atoms with Gasteiger partial charge in [-0.25, -0.2) is 9.42 Å². The predicted molar refractivity (Wildman–Crippen MR) is 276 cm³/mol. The number of azo groups is 1. The molecule has 3 aromatic carbocycles. The number of ketones is 3. The number of hydrogen-bond acceptors (Lipinski definition) is 18. The van der Waals surface area contributed by atoms with Gasteiger partial charge in [-0.2, -0.15) is 5.11 Å². The van der Waals surface area contributed by atoms with Crippen molar-refractivity contribution in [3.63, 3.8) is 0 Å². The maximum Gasteiger partial charge on any atom is 0.329 e. The van der Waals surface area contributed by atoms with E-state index >= 15 is 0 Å². The first-order valence-corrected chi connectivity index (χ1v) is 25.1. The Hall–Kier alpha value is -7.53. The van der Waals surface area contributed by atoms with Crippen LogP contribution < -0.4 is 20.9 Å². The van der Waals surface area contributed by atoms with E-state index in [1.54, 1.807) is 52.0 Å². The van der Waals surface area contributed by atoms with Crippen LogP contribution in [0.2, 0.25) is 0 Å². The highest BCUT2D eigenvalue weighted by Gasteiger charge is 2.39. The number of hydrogen-bond donors (Lipinski definition) is 4. The first-order valence-electron chi connectivity index (χ1n) is 25.1. The summed E-state index contributed by atoms with van der Waals surface area (Å²) < 4.78 is 15.2. The van der Waals surface area contributed by atoms with Gasteiger partial charge in [-0.05, 0) is 104 Å². The molecule has 404 valence electrons. The third-order valence-electron chi connectivity index (χ3n) is 12.9. The van der Waals surface area contributed by atoms with Crippen LogP contribution in [0, 0.1) is 27.9 Å². The SMILES string of the molecule is CC(CC(=O)C(C)NC(=O)c1ccccc1N=Nc1ccc(N(C)C)cc1)C(=O)N1CCCC1C(=O)CC(C(=O)NC(CCCCNc1ccc([N+](=O)[O-])c2nonc12)C(=O)CCCOCCOCC(=O)O)C(C)C. The number of anilines is 2. The molecule has 1 aliphatic rings. The second-order valence-electron chi connectivity index (χ2n) is 19.1. The quantitative estimate of drug-likeness (QED) is 0.0169. The Morgan fingerprint density at radius 3 is 2.29 bits per heavy atom. The number of carboxylic acid groups (broad SMARTS) is 1. The number of carboxylic acids is 1. The number of nitrogens with zero attached hydrogens (tertiary/aromatic N) is 7. The molecular formula is C52H68N10O13. The van der Waals surface area contributed by atoms with Gasteiger partial charge in [0.05, 0.1) is 58.9 Å². The van der Waals surface area contributed by atoms with E-state index in [2.05, 4.69) is 36.5 Å². The van der Waals surface area contributed by atoms with Gasteiger partial charge >= 0.3 is 11.7 Å². The number of Topliss-reactive ketones (excluding diaryl/α,β-unsaturated/α-hetero) is 3. The lowest BCUT2D eigenvalue weighted by atomic mass is 9.87. The molecule has 3 amide bonds. The number of benzene rings is 3. The number of amides is 3. The fraction of sp³-hybridized carbons (Fsp3) is 0.519. The van der Waals surface area contributed by atoms with Gasteiger partial charge in [0.15, 0.2) is 22.9 Å². The van der Waals surface area contributed by atoms with Crippen molar-refractivity contribution in [2.45, 2.75) is 104 Å².